The number of aromatic nitrogens is 2. The van der Waals surface area contributed by atoms with Gasteiger partial charge in [-0.15, -0.1) is 0 Å². The van der Waals surface area contributed by atoms with Crippen molar-refractivity contribution in [2.45, 2.75) is 88.4 Å². The number of halogens is 5. The largest absolute Gasteiger partial charge is 0.333 e. The molecule has 0 aliphatic heterocycles. The van der Waals surface area contributed by atoms with Gasteiger partial charge in [-0.1, -0.05) is 22.8 Å². The van der Waals surface area contributed by atoms with Gasteiger partial charge in [-0.25, -0.2) is 8.78 Å². The van der Waals surface area contributed by atoms with Crippen LogP contribution in [0.25, 0.3) is 0 Å². The van der Waals surface area contributed by atoms with Crippen LogP contribution in [0.3, 0.4) is 0 Å². The lowest BCUT2D eigenvalue weighted by molar-refractivity contribution is -0.127. The van der Waals surface area contributed by atoms with Crippen molar-refractivity contribution in [1.29, 1.82) is 0 Å². The van der Waals surface area contributed by atoms with Crippen molar-refractivity contribution < 1.29 is 26.9 Å². The van der Waals surface area contributed by atoms with E-state index in [4.69, 9.17) is 16.1 Å². The van der Waals surface area contributed by atoms with Crippen LogP contribution in [-0.4, -0.2) is 28.5 Å². The number of carbonyl (C=O) groups is 1. The molecule has 0 unspecified atom stereocenters. The third kappa shape index (κ3) is 4.87. The topological polar surface area (TPSA) is 59.2 Å². The zero-order valence-corrected chi connectivity index (χ0v) is 21.0. The molecule has 5 nitrogen and oxygen atoms in total. The number of rotatable bonds is 6. The van der Waals surface area contributed by atoms with Gasteiger partial charge in [0.05, 0.1) is 0 Å². The van der Waals surface area contributed by atoms with Crippen LogP contribution in [0, 0.1) is 11.3 Å². The Labute approximate surface area is 212 Å². The summed E-state index contributed by atoms with van der Waals surface area (Å²) in [6.07, 6.45) is 4.29. The first kappa shape index (κ1) is 25.5. The Balaban J connectivity index is 1.35. The number of benzene rings is 1. The minimum Gasteiger partial charge on any atom is -0.333 e. The molecule has 4 fully saturated rings. The van der Waals surface area contributed by atoms with E-state index in [2.05, 4.69) is 10.1 Å². The van der Waals surface area contributed by atoms with Crippen LogP contribution in [0.2, 0.25) is 5.02 Å². The average Bonchev–Trinajstić information content (AvgIpc) is 3.36. The summed E-state index contributed by atoms with van der Waals surface area (Å²) in [6.45, 7) is 1.21. The van der Waals surface area contributed by atoms with E-state index in [0.29, 0.717) is 42.3 Å². The molecule has 0 spiro atoms. The molecule has 1 heterocycles. The Morgan fingerprint density at radius 3 is 2.31 bits per heavy atom. The number of hydrogen-bond donors (Lipinski definition) is 0. The Bertz CT molecular complexity index is 1100. The van der Waals surface area contributed by atoms with Crippen molar-refractivity contribution in [2.75, 3.05) is 11.4 Å². The van der Waals surface area contributed by atoms with Gasteiger partial charge in [0.2, 0.25) is 11.8 Å². The Hall–Kier alpha value is -2.16. The summed E-state index contributed by atoms with van der Waals surface area (Å²) < 4.78 is 59.7. The number of hydrogen-bond acceptors (Lipinski definition) is 4. The van der Waals surface area contributed by atoms with Crippen LogP contribution >= 0.6 is 11.6 Å². The van der Waals surface area contributed by atoms with E-state index in [1.54, 1.807) is 23.1 Å². The van der Waals surface area contributed by atoms with Crippen LogP contribution in [0.1, 0.15) is 82.8 Å². The fraction of sp³-hybridized carbons (Fsp3) is 0.654. The highest BCUT2D eigenvalue weighted by atomic mass is 35.5. The van der Waals surface area contributed by atoms with Gasteiger partial charge in [0, 0.05) is 48.4 Å². The maximum absolute atomic E-state index is 13.8. The first-order valence-electron chi connectivity index (χ1n) is 12.6. The number of amides is 1. The zero-order chi connectivity index (χ0) is 25.8. The van der Waals surface area contributed by atoms with Crippen LogP contribution in [0.15, 0.2) is 28.8 Å². The predicted octanol–water partition coefficient (Wildman–Crippen LogP) is 7.29. The molecule has 1 aromatic carbocycles. The molecular weight excluding hydrogens is 498 g/mol. The quantitative estimate of drug-likeness (QED) is 0.370. The van der Waals surface area contributed by atoms with Crippen LogP contribution < -0.4 is 4.90 Å². The molecule has 1 amide bonds. The highest BCUT2D eigenvalue weighted by molar-refractivity contribution is 6.30. The van der Waals surface area contributed by atoms with Gasteiger partial charge in [0.15, 0.2) is 5.82 Å². The molecule has 4 aliphatic carbocycles. The number of fused-ring (bicyclic) bond motifs is 3. The fourth-order valence-corrected chi connectivity index (χ4v) is 6.42. The first-order valence-corrected chi connectivity index (χ1v) is 13.0. The van der Waals surface area contributed by atoms with Gasteiger partial charge in [-0.3, -0.25) is 4.79 Å². The Morgan fingerprint density at radius 2 is 1.75 bits per heavy atom. The molecule has 6 rings (SSSR count). The molecule has 2 bridgehead atoms. The molecule has 4 saturated carbocycles. The Kier molecular flexibility index (Phi) is 6.37. The molecule has 36 heavy (non-hydrogen) atoms. The van der Waals surface area contributed by atoms with Gasteiger partial charge in [-0.2, -0.15) is 13.8 Å². The van der Waals surface area contributed by atoms with Gasteiger partial charge in [-0.05, 0) is 75.0 Å². The highest BCUT2D eigenvalue weighted by Gasteiger charge is 2.53. The summed E-state index contributed by atoms with van der Waals surface area (Å²) in [7, 11) is 0. The van der Waals surface area contributed by atoms with E-state index in [9.17, 15) is 22.4 Å². The fourth-order valence-electron chi connectivity index (χ4n) is 6.24. The zero-order valence-electron chi connectivity index (χ0n) is 20.2. The van der Waals surface area contributed by atoms with Crippen molar-refractivity contribution in [3.05, 3.63) is 41.0 Å². The third-order valence-corrected chi connectivity index (χ3v) is 8.86. The SMILES string of the molecule is CC(F)(F)c1nc(C23CCC(CN(C(=O)C4CCC(F)(F)CC4)c4cccc(Cl)c4)(CC2)CC3)no1. The maximum Gasteiger partial charge on any atom is 0.322 e. The molecular formula is C26H30ClF4N3O2. The lowest BCUT2D eigenvalue weighted by Crippen LogP contribution is -2.52. The van der Waals surface area contributed by atoms with E-state index >= 15 is 0 Å². The molecule has 10 heteroatoms. The second-order valence-electron chi connectivity index (χ2n) is 11.1. The maximum atomic E-state index is 13.8. The van der Waals surface area contributed by atoms with Crippen LogP contribution in [0.4, 0.5) is 23.2 Å². The third-order valence-electron chi connectivity index (χ3n) is 8.62. The van der Waals surface area contributed by atoms with Gasteiger partial charge < -0.3 is 9.42 Å². The summed E-state index contributed by atoms with van der Waals surface area (Å²) in [4.78, 5) is 19.5. The van der Waals surface area contributed by atoms with E-state index in [-0.39, 0.29) is 37.0 Å². The summed E-state index contributed by atoms with van der Waals surface area (Å²) in [5.41, 5.74) is 0.128. The minimum atomic E-state index is -3.18. The molecule has 1 aromatic heterocycles. The molecule has 0 N–H and O–H groups in total. The first-order chi connectivity index (χ1) is 16.9. The lowest BCUT2D eigenvalue weighted by atomic mass is 9.53. The van der Waals surface area contributed by atoms with E-state index in [0.717, 1.165) is 26.2 Å². The molecule has 2 aromatic rings. The molecule has 4 aliphatic rings. The second kappa shape index (κ2) is 8.99. The van der Waals surface area contributed by atoms with Crippen molar-refractivity contribution in [3.63, 3.8) is 0 Å². The summed E-state index contributed by atoms with van der Waals surface area (Å²) in [6, 6.07) is 7.10. The van der Waals surface area contributed by atoms with Gasteiger partial charge in [0.25, 0.3) is 5.89 Å². The number of carbonyl (C=O) groups excluding carboxylic acids is 1. The second-order valence-corrected chi connectivity index (χ2v) is 11.6. The number of nitrogens with zero attached hydrogens (tertiary/aromatic N) is 3. The normalized spacial score (nSPS) is 28.3. The van der Waals surface area contributed by atoms with Gasteiger partial charge in [0.1, 0.15) is 0 Å². The van der Waals surface area contributed by atoms with Crippen LogP contribution in [-0.2, 0) is 16.1 Å². The summed E-state index contributed by atoms with van der Waals surface area (Å²) in [5, 5.41) is 4.41. The summed E-state index contributed by atoms with van der Waals surface area (Å²) >= 11 is 6.24. The Morgan fingerprint density at radius 1 is 1.11 bits per heavy atom. The standard InChI is InChI=1S/C26H30ClF4N3O2/c1-23(28,29)22-32-21(33-36-22)25-12-9-24(10-13-25,11-14-25)16-34(19-4-2-3-18(27)15-19)20(35)17-5-7-26(30,31)8-6-17/h2-4,15,17H,5-14,16H2,1H3. The molecule has 0 saturated heterocycles. The molecule has 0 atom stereocenters. The van der Waals surface area contributed by atoms with E-state index in [1.165, 1.54) is 0 Å². The molecule has 0 radical (unpaired) electrons. The summed E-state index contributed by atoms with van der Waals surface area (Å²) in [5.74, 6) is -6.78. The molecule has 196 valence electrons. The van der Waals surface area contributed by atoms with Crippen molar-refractivity contribution in [2.24, 2.45) is 11.3 Å². The average molecular weight is 528 g/mol. The lowest BCUT2D eigenvalue weighted by Gasteiger charge is -2.53. The minimum absolute atomic E-state index is 0.127. The predicted molar refractivity (Wildman–Crippen MR) is 126 cm³/mol. The smallest absolute Gasteiger partial charge is 0.322 e. The van der Waals surface area contributed by atoms with Crippen molar-refractivity contribution >= 4 is 23.2 Å². The van der Waals surface area contributed by atoms with E-state index in [1.807, 2.05) is 6.07 Å². The number of alkyl halides is 4. The van der Waals surface area contributed by atoms with E-state index < -0.39 is 29.1 Å². The van der Waals surface area contributed by atoms with Crippen molar-refractivity contribution in [1.82, 2.24) is 10.1 Å². The number of anilines is 1. The van der Waals surface area contributed by atoms with Gasteiger partial charge >= 0.3 is 5.92 Å². The highest BCUT2D eigenvalue weighted by Crippen LogP contribution is 2.58. The van der Waals surface area contributed by atoms with Crippen LogP contribution in [0.5, 0.6) is 0 Å². The van der Waals surface area contributed by atoms with Crippen molar-refractivity contribution in [3.8, 4) is 0 Å². The monoisotopic (exact) mass is 527 g/mol.